The lowest BCUT2D eigenvalue weighted by Crippen LogP contribution is -2.11. The van der Waals surface area contributed by atoms with Gasteiger partial charge in [0.2, 0.25) is 5.91 Å². The molecule has 0 atom stereocenters. The Morgan fingerprint density at radius 2 is 1.92 bits per heavy atom. The van der Waals surface area contributed by atoms with Crippen LogP contribution in [0.4, 0.5) is 5.13 Å². The Kier molecular flexibility index (Phi) is 6.55. The second kappa shape index (κ2) is 9.07. The van der Waals surface area contributed by atoms with Crippen molar-refractivity contribution in [1.29, 1.82) is 0 Å². The molecule has 0 fully saturated rings. The normalized spacial score (nSPS) is 10.5. The van der Waals surface area contributed by atoms with Gasteiger partial charge in [-0.25, -0.2) is 4.98 Å². The summed E-state index contributed by atoms with van der Waals surface area (Å²) in [6.07, 6.45) is 0.423. The van der Waals surface area contributed by atoms with Gasteiger partial charge in [-0.3, -0.25) is 4.79 Å². The number of nitrogens with one attached hydrogen (secondary N) is 1. The highest BCUT2D eigenvalue weighted by Gasteiger charge is 2.08. The molecular formula is C19H17ClN2O2S2. The molecule has 0 bridgehead atoms. The van der Waals surface area contributed by atoms with Gasteiger partial charge in [-0.15, -0.1) is 23.1 Å². The van der Waals surface area contributed by atoms with Gasteiger partial charge in [0.25, 0.3) is 0 Å². The largest absolute Gasteiger partial charge is 0.497 e. The number of carbonyl (C=O) groups is 1. The number of methoxy groups -OCH3 is 1. The van der Waals surface area contributed by atoms with Gasteiger partial charge >= 0.3 is 0 Å². The van der Waals surface area contributed by atoms with Crippen molar-refractivity contribution < 1.29 is 9.53 Å². The van der Waals surface area contributed by atoms with E-state index in [2.05, 4.69) is 10.3 Å². The minimum absolute atomic E-state index is 0.0389. The fourth-order valence-corrected chi connectivity index (χ4v) is 3.91. The number of ether oxygens (including phenoxy) is 1. The number of thioether (sulfide) groups is 1. The van der Waals surface area contributed by atoms with E-state index < -0.39 is 0 Å². The van der Waals surface area contributed by atoms with Crippen LogP contribution in [0.15, 0.2) is 58.8 Å². The number of rotatable bonds is 7. The van der Waals surface area contributed by atoms with E-state index in [-0.39, 0.29) is 5.91 Å². The van der Waals surface area contributed by atoms with Crippen LogP contribution >= 0.6 is 34.7 Å². The highest BCUT2D eigenvalue weighted by atomic mass is 35.5. The van der Waals surface area contributed by atoms with Crippen molar-refractivity contribution in [3.63, 3.8) is 0 Å². The predicted molar refractivity (Wildman–Crippen MR) is 110 cm³/mol. The first-order chi connectivity index (χ1) is 12.6. The van der Waals surface area contributed by atoms with Crippen LogP contribution < -0.4 is 10.1 Å². The van der Waals surface area contributed by atoms with Crippen molar-refractivity contribution in [3.05, 3.63) is 58.9 Å². The molecule has 0 aliphatic rings. The molecular weight excluding hydrogens is 388 g/mol. The number of amides is 1. The standard InChI is InChI=1S/C19H17ClN2O2S2/c1-24-15-6-8-16(9-7-15)25-11-10-18(23)22-19-21-17(12-26-19)13-2-4-14(20)5-3-13/h2-9,12H,10-11H2,1H3,(H,21,22,23). The average Bonchev–Trinajstić information content (AvgIpc) is 3.11. The molecule has 1 aromatic heterocycles. The molecule has 7 heteroatoms. The fraction of sp³-hybridized carbons (Fsp3) is 0.158. The van der Waals surface area contributed by atoms with E-state index in [0.717, 1.165) is 21.9 Å². The van der Waals surface area contributed by atoms with Crippen LogP contribution in [0.5, 0.6) is 5.75 Å². The molecule has 0 radical (unpaired) electrons. The number of aromatic nitrogens is 1. The number of hydrogen-bond acceptors (Lipinski definition) is 5. The second-order valence-electron chi connectivity index (χ2n) is 5.37. The van der Waals surface area contributed by atoms with Gasteiger partial charge in [-0.1, -0.05) is 23.7 Å². The average molecular weight is 405 g/mol. The van der Waals surface area contributed by atoms with Gasteiger partial charge in [0.15, 0.2) is 5.13 Å². The van der Waals surface area contributed by atoms with E-state index in [9.17, 15) is 4.79 Å². The molecule has 0 spiro atoms. The van der Waals surface area contributed by atoms with Gasteiger partial charge in [-0.2, -0.15) is 0 Å². The first kappa shape index (κ1) is 18.8. The van der Waals surface area contributed by atoms with Crippen LogP contribution in [-0.2, 0) is 4.79 Å². The number of thiazole rings is 1. The SMILES string of the molecule is COc1ccc(SCCC(=O)Nc2nc(-c3ccc(Cl)cc3)cs2)cc1. The summed E-state index contributed by atoms with van der Waals surface area (Å²) in [7, 11) is 1.64. The molecule has 0 aliphatic carbocycles. The van der Waals surface area contributed by atoms with Crippen molar-refractivity contribution in [3.8, 4) is 17.0 Å². The van der Waals surface area contributed by atoms with E-state index in [0.29, 0.717) is 22.3 Å². The number of carbonyl (C=O) groups excluding carboxylic acids is 1. The Labute approximate surface area is 165 Å². The summed E-state index contributed by atoms with van der Waals surface area (Å²) in [5.74, 6) is 1.49. The highest BCUT2D eigenvalue weighted by molar-refractivity contribution is 7.99. The van der Waals surface area contributed by atoms with Crippen LogP contribution in [-0.4, -0.2) is 23.8 Å². The molecule has 0 unspecified atom stereocenters. The maximum atomic E-state index is 12.1. The molecule has 3 aromatic rings. The molecule has 1 heterocycles. The summed E-state index contributed by atoms with van der Waals surface area (Å²) in [5.41, 5.74) is 1.80. The van der Waals surface area contributed by atoms with E-state index in [4.69, 9.17) is 16.3 Å². The van der Waals surface area contributed by atoms with Crippen molar-refractivity contribution in [1.82, 2.24) is 4.98 Å². The van der Waals surface area contributed by atoms with Crippen LogP contribution in [0.3, 0.4) is 0 Å². The topological polar surface area (TPSA) is 51.2 Å². The van der Waals surface area contributed by atoms with Crippen molar-refractivity contribution in [2.75, 3.05) is 18.2 Å². The quantitative estimate of drug-likeness (QED) is 0.521. The number of benzene rings is 2. The van der Waals surface area contributed by atoms with Gasteiger partial charge in [0, 0.05) is 33.0 Å². The predicted octanol–water partition coefficient (Wildman–Crippen LogP) is 5.59. The van der Waals surface area contributed by atoms with Gasteiger partial charge in [-0.05, 0) is 36.4 Å². The Morgan fingerprint density at radius 1 is 1.19 bits per heavy atom. The monoisotopic (exact) mass is 404 g/mol. The summed E-state index contributed by atoms with van der Waals surface area (Å²) in [6.45, 7) is 0. The minimum Gasteiger partial charge on any atom is -0.497 e. The second-order valence-corrected chi connectivity index (χ2v) is 7.83. The smallest absolute Gasteiger partial charge is 0.226 e. The lowest BCUT2D eigenvalue weighted by Gasteiger charge is -2.04. The maximum absolute atomic E-state index is 12.1. The van der Waals surface area contributed by atoms with E-state index in [1.165, 1.54) is 11.3 Å². The lowest BCUT2D eigenvalue weighted by molar-refractivity contribution is -0.115. The van der Waals surface area contributed by atoms with Gasteiger partial charge < -0.3 is 10.1 Å². The number of halogens is 1. The molecule has 0 aliphatic heterocycles. The zero-order valence-electron chi connectivity index (χ0n) is 14.1. The zero-order valence-corrected chi connectivity index (χ0v) is 16.5. The summed E-state index contributed by atoms with van der Waals surface area (Å²) in [5, 5.41) is 6.07. The molecule has 1 amide bonds. The molecule has 1 N–H and O–H groups in total. The first-order valence-electron chi connectivity index (χ1n) is 7.92. The fourth-order valence-electron chi connectivity index (χ4n) is 2.20. The number of nitrogens with zero attached hydrogens (tertiary/aromatic N) is 1. The van der Waals surface area contributed by atoms with E-state index >= 15 is 0 Å². The first-order valence-corrected chi connectivity index (χ1v) is 10.2. The Hall–Kier alpha value is -2.02. The molecule has 2 aromatic carbocycles. The third-order valence-electron chi connectivity index (χ3n) is 3.55. The Balaban J connectivity index is 1.48. The van der Waals surface area contributed by atoms with Gasteiger partial charge in [0.05, 0.1) is 12.8 Å². The Morgan fingerprint density at radius 3 is 2.62 bits per heavy atom. The number of anilines is 1. The Bertz CT molecular complexity index is 864. The summed E-state index contributed by atoms with van der Waals surface area (Å²) in [4.78, 5) is 17.7. The van der Waals surface area contributed by atoms with Crippen molar-refractivity contribution in [2.24, 2.45) is 0 Å². The molecule has 0 saturated heterocycles. The van der Waals surface area contributed by atoms with Gasteiger partial charge in [0.1, 0.15) is 5.75 Å². The molecule has 0 saturated carbocycles. The van der Waals surface area contributed by atoms with Crippen LogP contribution in [0.25, 0.3) is 11.3 Å². The minimum atomic E-state index is -0.0389. The molecule has 4 nitrogen and oxygen atoms in total. The molecule has 26 heavy (non-hydrogen) atoms. The lowest BCUT2D eigenvalue weighted by atomic mass is 10.2. The van der Waals surface area contributed by atoms with Crippen molar-refractivity contribution in [2.45, 2.75) is 11.3 Å². The van der Waals surface area contributed by atoms with Crippen LogP contribution in [0.2, 0.25) is 5.02 Å². The van der Waals surface area contributed by atoms with Crippen LogP contribution in [0, 0.1) is 0 Å². The summed E-state index contributed by atoms with van der Waals surface area (Å²) >= 11 is 8.95. The maximum Gasteiger partial charge on any atom is 0.226 e. The highest BCUT2D eigenvalue weighted by Crippen LogP contribution is 2.26. The van der Waals surface area contributed by atoms with Crippen molar-refractivity contribution >= 4 is 45.7 Å². The molecule has 3 rings (SSSR count). The third kappa shape index (κ3) is 5.24. The molecule has 134 valence electrons. The summed E-state index contributed by atoms with van der Waals surface area (Å²) in [6, 6.07) is 15.3. The third-order valence-corrected chi connectivity index (χ3v) is 5.57. The van der Waals surface area contributed by atoms with Crippen LogP contribution in [0.1, 0.15) is 6.42 Å². The summed E-state index contributed by atoms with van der Waals surface area (Å²) < 4.78 is 5.13. The van der Waals surface area contributed by atoms with E-state index in [1.54, 1.807) is 18.9 Å². The zero-order chi connectivity index (χ0) is 18.4. The van der Waals surface area contributed by atoms with E-state index in [1.807, 2.05) is 53.9 Å². The number of hydrogen-bond donors (Lipinski definition) is 1.